The number of hydrogen-bond donors (Lipinski definition) is 2. The van der Waals surface area contributed by atoms with E-state index in [0.29, 0.717) is 10.7 Å². The lowest BCUT2D eigenvalue weighted by Gasteiger charge is -2.07. The molecule has 0 atom stereocenters. The van der Waals surface area contributed by atoms with Crippen molar-refractivity contribution in [3.8, 4) is 16.9 Å². The van der Waals surface area contributed by atoms with Gasteiger partial charge in [0, 0.05) is 29.2 Å². The number of nitrogens with one attached hydrogen (secondary N) is 1. The first-order valence-electron chi connectivity index (χ1n) is 4.48. The molecule has 15 heavy (non-hydrogen) atoms. The molecule has 0 aliphatic carbocycles. The van der Waals surface area contributed by atoms with Crippen LogP contribution in [0, 0.1) is 0 Å². The minimum atomic E-state index is 0.648. The summed E-state index contributed by atoms with van der Waals surface area (Å²) in [6.07, 6.45) is 3.53. The second kappa shape index (κ2) is 3.87. The second-order valence-corrected chi connectivity index (χ2v) is 3.58. The highest BCUT2D eigenvalue weighted by Gasteiger charge is 2.08. The molecule has 4 heteroatoms. The van der Waals surface area contributed by atoms with E-state index in [2.05, 4.69) is 4.98 Å². The summed E-state index contributed by atoms with van der Waals surface area (Å²) in [5.41, 5.74) is 8.31. The summed E-state index contributed by atoms with van der Waals surface area (Å²) in [4.78, 5) is 2.93. The summed E-state index contributed by atoms with van der Waals surface area (Å²) in [6, 6.07) is 5.49. The van der Waals surface area contributed by atoms with Gasteiger partial charge in [-0.25, -0.2) is 0 Å². The molecule has 2 rings (SSSR count). The number of hydrogen-bond acceptors (Lipinski definition) is 2. The molecule has 0 unspecified atom stereocenters. The van der Waals surface area contributed by atoms with Gasteiger partial charge in [0.25, 0.3) is 0 Å². The molecule has 0 fully saturated rings. The van der Waals surface area contributed by atoms with Gasteiger partial charge >= 0.3 is 0 Å². The minimum Gasteiger partial charge on any atom is -0.497 e. The number of rotatable bonds is 2. The first-order chi connectivity index (χ1) is 7.22. The molecule has 0 saturated heterocycles. The molecule has 3 N–H and O–H groups in total. The molecular formula is C11H11ClN2O. The molecule has 0 aliphatic heterocycles. The maximum atomic E-state index is 6.01. The first kappa shape index (κ1) is 9.93. The van der Waals surface area contributed by atoms with Gasteiger partial charge in [-0.3, -0.25) is 0 Å². The fraction of sp³-hybridized carbons (Fsp3) is 0.0909. The van der Waals surface area contributed by atoms with E-state index in [1.54, 1.807) is 19.4 Å². The van der Waals surface area contributed by atoms with Gasteiger partial charge in [-0.1, -0.05) is 11.6 Å². The monoisotopic (exact) mass is 222 g/mol. The van der Waals surface area contributed by atoms with Gasteiger partial charge in [0.2, 0.25) is 0 Å². The Bertz CT molecular complexity index is 479. The van der Waals surface area contributed by atoms with E-state index in [0.717, 1.165) is 16.9 Å². The first-order valence-corrected chi connectivity index (χ1v) is 4.86. The maximum Gasteiger partial charge on any atom is 0.119 e. The summed E-state index contributed by atoms with van der Waals surface area (Å²) in [5.74, 6) is 0.761. The zero-order valence-electron chi connectivity index (χ0n) is 8.25. The molecule has 2 aromatic rings. The SMILES string of the molecule is COc1ccc(N)c(-c2c[nH]cc2Cl)c1. The third-order valence-corrected chi connectivity index (χ3v) is 2.56. The lowest BCUT2D eigenvalue weighted by Crippen LogP contribution is -1.91. The third-order valence-electron chi connectivity index (χ3n) is 2.25. The summed E-state index contributed by atoms with van der Waals surface area (Å²) in [5, 5.41) is 0.648. The van der Waals surface area contributed by atoms with Gasteiger partial charge in [0.05, 0.1) is 12.1 Å². The van der Waals surface area contributed by atoms with E-state index < -0.39 is 0 Å². The Kier molecular flexibility index (Phi) is 2.56. The van der Waals surface area contributed by atoms with Crippen molar-refractivity contribution in [2.75, 3.05) is 12.8 Å². The highest BCUT2D eigenvalue weighted by molar-refractivity contribution is 6.33. The normalized spacial score (nSPS) is 10.3. The number of anilines is 1. The summed E-state index contributed by atoms with van der Waals surface area (Å²) in [6.45, 7) is 0. The van der Waals surface area contributed by atoms with Gasteiger partial charge in [-0.15, -0.1) is 0 Å². The molecule has 0 bridgehead atoms. The number of benzene rings is 1. The predicted octanol–water partition coefficient (Wildman–Crippen LogP) is 2.93. The van der Waals surface area contributed by atoms with Crippen molar-refractivity contribution in [3.63, 3.8) is 0 Å². The van der Waals surface area contributed by atoms with E-state index in [-0.39, 0.29) is 0 Å². The van der Waals surface area contributed by atoms with E-state index in [9.17, 15) is 0 Å². The lowest BCUT2D eigenvalue weighted by atomic mass is 10.1. The van der Waals surface area contributed by atoms with Crippen LogP contribution in [0.2, 0.25) is 5.02 Å². The Morgan fingerprint density at radius 1 is 1.27 bits per heavy atom. The van der Waals surface area contributed by atoms with Crippen LogP contribution < -0.4 is 10.5 Å². The molecule has 1 aromatic carbocycles. The number of nitrogen functional groups attached to an aromatic ring is 1. The number of halogens is 1. The topological polar surface area (TPSA) is 51.0 Å². The van der Waals surface area contributed by atoms with E-state index >= 15 is 0 Å². The summed E-state index contributed by atoms with van der Waals surface area (Å²) >= 11 is 6.01. The smallest absolute Gasteiger partial charge is 0.119 e. The highest BCUT2D eigenvalue weighted by atomic mass is 35.5. The van der Waals surface area contributed by atoms with Crippen molar-refractivity contribution < 1.29 is 4.74 Å². The van der Waals surface area contributed by atoms with Crippen LogP contribution in [0.15, 0.2) is 30.6 Å². The zero-order valence-corrected chi connectivity index (χ0v) is 9.01. The van der Waals surface area contributed by atoms with Crippen LogP contribution in [0.4, 0.5) is 5.69 Å². The molecule has 3 nitrogen and oxygen atoms in total. The molecule has 1 aromatic heterocycles. The predicted molar refractivity (Wildman–Crippen MR) is 62.2 cm³/mol. The Morgan fingerprint density at radius 2 is 2.07 bits per heavy atom. The van der Waals surface area contributed by atoms with Gasteiger partial charge in [0.1, 0.15) is 5.75 Å². The summed E-state index contributed by atoms with van der Waals surface area (Å²) in [7, 11) is 1.62. The number of ether oxygens (including phenoxy) is 1. The van der Waals surface area contributed by atoms with Gasteiger partial charge in [0.15, 0.2) is 0 Å². The second-order valence-electron chi connectivity index (χ2n) is 3.17. The van der Waals surface area contributed by atoms with Crippen LogP contribution in [0.25, 0.3) is 11.1 Å². The minimum absolute atomic E-state index is 0.648. The molecular weight excluding hydrogens is 212 g/mol. The quantitative estimate of drug-likeness (QED) is 0.768. The number of nitrogens with two attached hydrogens (primary N) is 1. The van der Waals surface area contributed by atoms with Crippen molar-refractivity contribution in [2.24, 2.45) is 0 Å². The number of aromatic amines is 1. The van der Waals surface area contributed by atoms with Gasteiger partial charge < -0.3 is 15.5 Å². The highest BCUT2D eigenvalue weighted by Crippen LogP contribution is 2.34. The zero-order chi connectivity index (χ0) is 10.8. The van der Waals surface area contributed by atoms with Crippen molar-refractivity contribution in [1.29, 1.82) is 0 Å². The van der Waals surface area contributed by atoms with Crippen LogP contribution in [0.3, 0.4) is 0 Å². The third kappa shape index (κ3) is 1.78. The Labute approximate surface area is 92.8 Å². The average molecular weight is 223 g/mol. The summed E-state index contributed by atoms with van der Waals surface area (Å²) < 4.78 is 5.14. The fourth-order valence-electron chi connectivity index (χ4n) is 1.45. The van der Waals surface area contributed by atoms with Crippen LogP contribution in [-0.4, -0.2) is 12.1 Å². The largest absolute Gasteiger partial charge is 0.497 e. The Hall–Kier alpha value is -1.61. The van der Waals surface area contributed by atoms with Gasteiger partial charge in [-0.05, 0) is 18.2 Å². The van der Waals surface area contributed by atoms with Gasteiger partial charge in [-0.2, -0.15) is 0 Å². The van der Waals surface area contributed by atoms with Crippen molar-refractivity contribution in [3.05, 3.63) is 35.6 Å². The van der Waals surface area contributed by atoms with E-state index in [4.69, 9.17) is 22.1 Å². The van der Waals surface area contributed by atoms with Crippen molar-refractivity contribution in [1.82, 2.24) is 4.98 Å². The Morgan fingerprint density at radius 3 is 2.67 bits per heavy atom. The lowest BCUT2D eigenvalue weighted by molar-refractivity contribution is 0.415. The molecule has 0 spiro atoms. The molecule has 0 aliphatic rings. The molecule has 78 valence electrons. The molecule has 1 heterocycles. The number of aromatic nitrogens is 1. The number of H-pyrrole nitrogens is 1. The van der Waals surface area contributed by atoms with Crippen LogP contribution in [-0.2, 0) is 0 Å². The molecule has 0 amide bonds. The maximum absolute atomic E-state index is 6.01. The van der Waals surface area contributed by atoms with Crippen molar-refractivity contribution in [2.45, 2.75) is 0 Å². The van der Waals surface area contributed by atoms with E-state index in [1.165, 1.54) is 0 Å². The van der Waals surface area contributed by atoms with Crippen LogP contribution in [0.5, 0.6) is 5.75 Å². The number of methoxy groups -OCH3 is 1. The van der Waals surface area contributed by atoms with Crippen LogP contribution >= 0.6 is 11.6 Å². The van der Waals surface area contributed by atoms with Crippen LogP contribution in [0.1, 0.15) is 0 Å². The average Bonchev–Trinajstić information content (AvgIpc) is 2.65. The Balaban J connectivity index is 2.56. The fourth-order valence-corrected chi connectivity index (χ4v) is 1.67. The van der Waals surface area contributed by atoms with E-state index in [1.807, 2.05) is 18.3 Å². The standard InChI is InChI=1S/C11H11ClN2O/c1-15-7-2-3-11(13)8(4-7)9-5-14-6-10(9)12/h2-6,14H,13H2,1H3. The van der Waals surface area contributed by atoms with Crippen molar-refractivity contribution >= 4 is 17.3 Å². The molecule has 0 saturated carbocycles. The molecule has 0 radical (unpaired) electrons.